The summed E-state index contributed by atoms with van der Waals surface area (Å²) in [6.45, 7) is 0.462. The van der Waals surface area contributed by atoms with Crippen LogP contribution in [0.25, 0.3) is 0 Å². The summed E-state index contributed by atoms with van der Waals surface area (Å²) in [5.41, 5.74) is 0. The Hall–Kier alpha value is -1.70. The van der Waals surface area contributed by atoms with Gasteiger partial charge in [-0.3, -0.25) is 0 Å². The van der Waals surface area contributed by atoms with E-state index in [-0.39, 0.29) is 16.2 Å². The minimum atomic E-state index is -4.02. The molecule has 0 aromatic heterocycles. The summed E-state index contributed by atoms with van der Waals surface area (Å²) in [7, 11) is -6.49. The van der Waals surface area contributed by atoms with E-state index >= 15 is 0 Å². The van der Waals surface area contributed by atoms with E-state index in [2.05, 4.69) is 0 Å². The second kappa shape index (κ2) is 8.60. The molecule has 136 valence electrons. The molecule has 0 saturated carbocycles. The molecule has 0 amide bonds. The van der Waals surface area contributed by atoms with Crippen LogP contribution in [0.15, 0.2) is 70.5 Å². The van der Waals surface area contributed by atoms with Gasteiger partial charge >= 0.3 is 0 Å². The van der Waals surface area contributed by atoms with E-state index in [1.807, 2.05) is 0 Å². The lowest BCUT2D eigenvalue weighted by atomic mass is 10.3. The van der Waals surface area contributed by atoms with E-state index in [0.717, 1.165) is 0 Å². The van der Waals surface area contributed by atoms with E-state index in [1.165, 1.54) is 24.3 Å². The minimum absolute atomic E-state index is 0.0197. The topological polar surface area (TPSA) is 77.5 Å². The van der Waals surface area contributed by atoms with Crippen molar-refractivity contribution in [3.8, 4) is 0 Å². The molecule has 0 aliphatic rings. The maximum Gasteiger partial charge on any atom is 0.195 e. The number of methoxy groups -OCH3 is 1. The van der Waals surface area contributed by atoms with E-state index < -0.39 is 24.3 Å². The van der Waals surface area contributed by atoms with Gasteiger partial charge in [-0.2, -0.15) is 0 Å². The van der Waals surface area contributed by atoms with Crippen molar-refractivity contribution in [1.29, 1.82) is 0 Å². The van der Waals surface area contributed by atoms with Crippen LogP contribution in [0.3, 0.4) is 0 Å². The summed E-state index contributed by atoms with van der Waals surface area (Å²) >= 11 is 0. The molecule has 2 aromatic rings. The molecule has 0 N–H and O–H groups in total. The number of hydrogen-bond acceptors (Lipinski definition) is 5. The number of rotatable bonds is 9. The first kappa shape index (κ1) is 19.6. The highest BCUT2D eigenvalue weighted by Gasteiger charge is 2.39. The molecule has 2 rings (SSSR count). The first-order valence-corrected chi connectivity index (χ1v) is 11.1. The van der Waals surface area contributed by atoms with Crippen molar-refractivity contribution in [3.05, 3.63) is 60.7 Å². The lowest BCUT2D eigenvalue weighted by Crippen LogP contribution is -2.31. The molecule has 0 unspecified atom stereocenters. The summed E-state index contributed by atoms with van der Waals surface area (Å²) in [6, 6.07) is 15.4. The molecule has 0 fully saturated rings. The Morgan fingerprint density at radius 1 is 0.760 bits per heavy atom. The number of hydrogen-bond donors (Lipinski definition) is 0. The minimum Gasteiger partial charge on any atom is -0.385 e. The summed E-state index contributed by atoms with van der Waals surface area (Å²) in [5, 5.41) is 0. The molecule has 0 atom stereocenters. The van der Waals surface area contributed by atoms with Crippen LogP contribution in [0.2, 0.25) is 0 Å². The molecule has 0 heterocycles. The van der Waals surface area contributed by atoms with E-state index in [0.29, 0.717) is 19.4 Å². The maximum absolute atomic E-state index is 13.0. The van der Waals surface area contributed by atoms with Crippen molar-refractivity contribution in [3.63, 3.8) is 0 Å². The highest BCUT2D eigenvalue weighted by Crippen LogP contribution is 2.29. The lowest BCUT2D eigenvalue weighted by molar-refractivity contribution is 0.192. The van der Waals surface area contributed by atoms with Crippen LogP contribution in [0.5, 0.6) is 0 Å². The molecule has 0 aliphatic heterocycles. The Morgan fingerprint density at radius 2 is 1.20 bits per heavy atom. The third-order valence-electron chi connectivity index (χ3n) is 3.87. The van der Waals surface area contributed by atoms with Gasteiger partial charge in [-0.15, -0.1) is 0 Å². The van der Waals surface area contributed by atoms with Crippen LogP contribution in [-0.4, -0.2) is 35.1 Å². The van der Waals surface area contributed by atoms with Crippen molar-refractivity contribution in [2.75, 3.05) is 13.7 Å². The number of sulfone groups is 2. The maximum atomic E-state index is 13.0. The van der Waals surface area contributed by atoms with Gasteiger partial charge in [0, 0.05) is 13.7 Å². The molecule has 0 spiro atoms. The standard InChI is InChI=1S/C18H22O5S2/c1-23-15-9-8-14-18(24(19,20)16-10-4-2-5-11-16)25(21,22)17-12-6-3-7-13-17/h2-7,10-13,18H,8-9,14-15H2,1H3. The fourth-order valence-corrected chi connectivity index (χ4v) is 7.19. The Labute approximate surface area is 149 Å². The van der Waals surface area contributed by atoms with Crippen molar-refractivity contribution in [2.24, 2.45) is 0 Å². The van der Waals surface area contributed by atoms with Gasteiger partial charge < -0.3 is 4.74 Å². The molecular weight excluding hydrogens is 360 g/mol. The van der Waals surface area contributed by atoms with Gasteiger partial charge in [0.15, 0.2) is 24.3 Å². The first-order valence-electron chi connectivity index (χ1n) is 7.97. The molecule has 2 aromatic carbocycles. The van der Waals surface area contributed by atoms with Crippen LogP contribution >= 0.6 is 0 Å². The molecule has 0 aliphatic carbocycles. The van der Waals surface area contributed by atoms with Crippen molar-refractivity contribution < 1.29 is 21.6 Å². The molecule has 5 nitrogen and oxygen atoms in total. The number of benzene rings is 2. The quantitative estimate of drug-likeness (QED) is 0.623. The largest absolute Gasteiger partial charge is 0.385 e. The molecule has 25 heavy (non-hydrogen) atoms. The molecule has 0 radical (unpaired) electrons. The second-order valence-electron chi connectivity index (χ2n) is 5.63. The van der Waals surface area contributed by atoms with Gasteiger partial charge in [-0.1, -0.05) is 36.4 Å². The first-order chi connectivity index (χ1) is 11.9. The summed E-state index contributed by atoms with van der Waals surface area (Å²) < 4.78 is 55.5. The number of unbranched alkanes of at least 4 members (excludes halogenated alkanes) is 1. The fourth-order valence-electron chi connectivity index (χ4n) is 2.56. The predicted molar refractivity (Wildman–Crippen MR) is 96.8 cm³/mol. The molecular formula is C18H22O5S2. The Balaban J connectivity index is 2.43. The van der Waals surface area contributed by atoms with Crippen molar-refractivity contribution >= 4 is 19.7 Å². The van der Waals surface area contributed by atoms with Gasteiger partial charge in [0.05, 0.1) is 9.79 Å². The molecule has 0 saturated heterocycles. The normalized spacial score (nSPS) is 12.4. The van der Waals surface area contributed by atoms with Gasteiger partial charge in [0.1, 0.15) is 0 Å². The lowest BCUT2D eigenvalue weighted by Gasteiger charge is -2.18. The average molecular weight is 383 g/mol. The van der Waals surface area contributed by atoms with Crippen molar-refractivity contribution in [2.45, 2.75) is 33.6 Å². The Morgan fingerprint density at radius 3 is 1.60 bits per heavy atom. The smallest absolute Gasteiger partial charge is 0.195 e. The van der Waals surface area contributed by atoms with Gasteiger partial charge in [-0.25, -0.2) is 16.8 Å². The van der Waals surface area contributed by atoms with E-state index in [1.54, 1.807) is 43.5 Å². The summed E-state index contributed by atoms with van der Waals surface area (Å²) in [5.74, 6) is 0. The van der Waals surface area contributed by atoms with Crippen LogP contribution in [-0.2, 0) is 24.4 Å². The van der Waals surface area contributed by atoms with Gasteiger partial charge in [-0.05, 0) is 43.5 Å². The Kier molecular flexibility index (Phi) is 6.75. The second-order valence-corrected chi connectivity index (χ2v) is 10.2. The predicted octanol–water partition coefficient (Wildman–Crippen LogP) is 3.08. The van der Waals surface area contributed by atoms with Crippen molar-refractivity contribution in [1.82, 2.24) is 0 Å². The van der Waals surface area contributed by atoms with Crippen LogP contribution in [0.1, 0.15) is 19.3 Å². The summed E-state index contributed by atoms with van der Waals surface area (Å²) in [6.07, 6.45) is 1.07. The third-order valence-corrected chi connectivity index (χ3v) is 9.11. The molecule has 0 bridgehead atoms. The van der Waals surface area contributed by atoms with Gasteiger partial charge in [0.2, 0.25) is 0 Å². The zero-order valence-corrected chi connectivity index (χ0v) is 15.7. The third kappa shape index (κ3) is 4.68. The van der Waals surface area contributed by atoms with Crippen LogP contribution in [0, 0.1) is 0 Å². The fraction of sp³-hybridized carbons (Fsp3) is 0.333. The van der Waals surface area contributed by atoms with Gasteiger partial charge in [0.25, 0.3) is 0 Å². The van der Waals surface area contributed by atoms with E-state index in [9.17, 15) is 16.8 Å². The summed E-state index contributed by atoms with van der Waals surface area (Å²) in [4.78, 5) is 0.0393. The highest BCUT2D eigenvalue weighted by atomic mass is 32.3. The van der Waals surface area contributed by atoms with E-state index in [4.69, 9.17) is 4.74 Å². The SMILES string of the molecule is COCCCCC(S(=O)(=O)c1ccccc1)S(=O)(=O)c1ccccc1. The van der Waals surface area contributed by atoms with Crippen LogP contribution < -0.4 is 0 Å². The zero-order valence-electron chi connectivity index (χ0n) is 14.0. The zero-order chi connectivity index (χ0) is 18.3. The number of ether oxygens (including phenoxy) is 1. The molecule has 7 heteroatoms. The monoisotopic (exact) mass is 382 g/mol. The average Bonchev–Trinajstić information content (AvgIpc) is 2.62. The highest BCUT2D eigenvalue weighted by molar-refractivity contribution is 8.09. The Bertz CT molecular complexity index is 791. The van der Waals surface area contributed by atoms with Crippen LogP contribution in [0.4, 0.5) is 0 Å².